The molecule has 2 heteroatoms. The van der Waals surface area contributed by atoms with Crippen molar-refractivity contribution in [3.8, 4) is 0 Å². The first-order chi connectivity index (χ1) is 6.27. The fourth-order valence-corrected chi connectivity index (χ4v) is 0.313. The highest BCUT2D eigenvalue weighted by Crippen LogP contribution is 1.73. The predicted octanol–water partition coefficient (Wildman–Crippen LogP) is 2.68. The van der Waals surface area contributed by atoms with Crippen LogP contribution in [0.15, 0.2) is 30.6 Å². The number of hydrogen-bond donors (Lipinski definition) is 0. The largest absolute Gasteiger partial charge is 0.310 e. The van der Waals surface area contributed by atoms with Crippen LogP contribution in [0.2, 0.25) is 0 Å². The number of rotatable bonds is 1. The lowest BCUT2D eigenvalue weighted by atomic mass is 10.5. The van der Waals surface area contributed by atoms with Gasteiger partial charge >= 0.3 is 0 Å². The van der Waals surface area contributed by atoms with Gasteiger partial charge in [0.1, 0.15) is 0 Å². The van der Waals surface area contributed by atoms with Gasteiger partial charge in [-0.1, -0.05) is 26.8 Å². The van der Waals surface area contributed by atoms with Gasteiger partial charge in [-0.05, 0) is 32.8 Å². The normalized spacial score (nSPS) is 7.85. The highest BCUT2D eigenvalue weighted by molar-refractivity contribution is 4.88. The number of hydrogen-bond acceptors (Lipinski definition) is 2. The Balaban J connectivity index is 0. The predicted molar refractivity (Wildman–Crippen MR) is 59.8 cm³/mol. The van der Waals surface area contributed by atoms with Crippen molar-refractivity contribution in [2.45, 2.75) is 20.8 Å². The fourth-order valence-electron chi connectivity index (χ4n) is 0.313. The molecule has 0 saturated carbocycles. The van der Waals surface area contributed by atoms with Crippen molar-refractivity contribution in [3.05, 3.63) is 30.6 Å². The first-order valence-electron chi connectivity index (χ1n) is 4.77. The molecule has 0 unspecified atom stereocenters. The van der Waals surface area contributed by atoms with E-state index in [-0.39, 0.29) is 0 Å². The summed E-state index contributed by atoms with van der Waals surface area (Å²) < 4.78 is 0. The molecule has 0 aliphatic rings. The molecule has 1 aromatic rings. The molecule has 2 nitrogen and oxygen atoms in total. The van der Waals surface area contributed by atoms with Crippen molar-refractivity contribution in [2.24, 2.45) is 0 Å². The van der Waals surface area contributed by atoms with E-state index in [1.165, 1.54) is 0 Å². The molecule has 0 saturated heterocycles. The first-order valence-corrected chi connectivity index (χ1v) is 4.77. The van der Waals surface area contributed by atoms with Crippen LogP contribution >= 0.6 is 0 Å². The van der Waals surface area contributed by atoms with Crippen LogP contribution in [0.5, 0.6) is 0 Å². The van der Waals surface area contributed by atoms with Gasteiger partial charge in [-0.25, -0.2) is 0 Å². The molecule has 0 bridgehead atoms. The summed E-state index contributed by atoms with van der Waals surface area (Å²) in [6.07, 6.45) is 3.50. The highest BCUT2D eigenvalue weighted by Gasteiger charge is 1.72. The Morgan fingerprint density at radius 1 is 1.00 bits per heavy atom. The number of nitrogens with zero attached hydrogens (tertiary/aromatic N) is 2. The minimum Gasteiger partial charge on any atom is -0.310 e. The Hall–Kier alpha value is -0.890. The summed E-state index contributed by atoms with van der Waals surface area (Å²) in [6.45, 7) is 7.26. The molecule has 1 heterocycles. The zero-order valence-corrected chi connectivity index (χ0v) is 9.49. The van der Waals surface area contributed by atoms with Crippen LogP contribution in [0, 0.1) is 0 Å². The summed E-state index contributed by atoms with van der Waals surface area (Å²) in [5.41, 5.74) is 0. The Morgan fingerprint density at radius 3 is 1.46 bits per heavy atom. The summed E-state index contributed by atoms with van der Waals surface area (Å²) in [5.74, 6) is 0. The molecule has 1 rings (SSSR count). The van der Waals surface area contributed by atoms with Crippen LogP contribution < -0.4 is 0 Å². The van der Waals surface area contributed by atoms with Crippen LogP contribution in [0.3, 0.4) is 0 Å². The Bertz CT molecular complexity index is 123. The minimum atomic E-state index is 1.14. The molecule has 0 aliphatic carbocycles. The average Bonchev–Trinajstić information content (AvgIpc) is 2.24. The van der Waals surface area contributed by atoms with Gasteiger partial charge < -0.3 is 4.90 Å². The molecule has 0 amide bonds. The second-order valence-corrected chi connectivity index (χ2v) is 2.42. The molecule has 0 N–H and O–H groups in total. The van der Waals surface area contributed by atoms with E-state index in [2.05, 4.69) is 30.9 Å². The topological polar surface area (TPSA) is 16.1 Å². The van der Waals surface area contributed by atoms with Gasteiger partial charge in [-0.3, -0.25) is 4.98 Å². The standard InChI is InChI=1S/C5H5N.C4H11N.C2H6/c1-2-4-6-5-3-1;1-4-5(2)3;1-2/h1-5H;4H2,1-3H3;1-2H3. The van der Waals surface area contributed by atoms with Crippen LogP contribution in [0.25, 0.3) is 0 Å². The zero-order valence-electron chi connectivity index (χ0n) is 9.49. The summed E-state index contributed by atoms with van der Waals surface area (Å²) in [6, 6.07) is 5.72. The second kappa shape index (κ2) is 13.7. The molecular weight excluding hydrogens is 160 g/mol. The van der Waals surface area contributed by atoms with Crippen LogP contribution in [-0.2, 0) is 0 Å². The maximum Gasteiger partial charge on any atom is 0.0267 e. The minimum absolute atomic E-state index is 1.14. The molecule has 0 atom stereocenters. The van der Waals surface area contributed by atoms with E-state index in [1.807, 2.05) is 32.0 Å². The van der Waals surface area contributed by atoms with Crippen LogP contribution in [-0.4, -0.2) is 30.5 Å². The third-order valence-corrected chi connectivity index (χ3v) is 1.20. The second-order valence-electron chi connectivity index (χ2n) is 2.42. The van der Waals surface area contributed by atoms with Gasteiger partial charge in [0.05, 0.1) is 0 Å². The summed E-state index contributed by atoms with van der Waals surface area (Å²) in [7, 11) is 4.11. The first kappa shape index (κ1) is 14.6. The Kier molecular flexibility index (Phi) is 15.4. The van der Waals surface area contributed by atoms with Crippen molar-refractivity contribution in [2.75, 3.05) is 20.6 Å². The van der Waals surface area contributed by atoms with E-state index in [1.54, 1.807) is 12.4 Å². The zero-order chi connectivity index (χ0) is 10.5. The van der Waals surface area contributed by atoms with E-state index in [0.717, 1.165) is 6.54 Å². The Morgan fingerprint density at radius 2 is 1.38 bits per heavy atom. The van der Waals surface area contributed by atoms with Crippen molar-refractivity contribution < 1.29 is 0 Å². The lowest BCUT2D eigenvalue weighted by Gasteiger charge is -2.00. The van der Waals surface area contributed by atoms with Crippen molar-refractivity contribution in [3.63, 3.8) is 0 Å². The Labute approximate surface area is 82.6 Å². The van der Waals surface area contributed by atoms with Crippen molar-refractivity contribution in [1.29, 1.82) is 0 Å². The third kappa shape index (κ3) is 18.2. The average molecular weight is 182 g/mol. The molecule has 76 valence electrons. The molecule has 0 aliphatic heterocycles. The van der Waals surface area contributed by atoms with Crippen LogP contribution in [0.1, 0.15) is 20.8 Å². The number of aromatic nitrogens is 1. The van der Waals surface area contributed by atoms with Gasteiger partial charge in [0, 0.05) is 12.4 Å². The third-order valence-electron chi connectivity index (χ3n) is 1.20. The summed E-state index contributed by atoms with van der Waals surface area (Å²) >= 11 is 0. The molecule has 0 fully saturated rings. The van der Waals surface area contributed by atoms with E-state index < -0.39 is 0 Å². The molecular formula is C11H22N2. The SMILES string of the molecule is CC.CCN(C)C.c1ccncc1. The van der Waals surface area contributed by atoms with Gasteiger partial charge in [0.15, 0.2) is 0 Å². The molecule has 0 radical (unpaired) electrons. The van der Waals surface area contributed by atoms with Crippen LogP contribution in [0.4, 0.5) is 0 Å². The lowest BCUT2D eigenvalue weighted by Crippen LogP contribution is -2.08. The van der Waals surface area contributed by atoms with E-state index in [4.69, 9.17) is 0 Å². The van der Waals surface area contributed by atoms with E-state index in [9.17, 15) is 0 Å². The van der Waals surface area contributed by atoms with Gasteiger partial charge in [-0.15, -0.1) is 0 Å². The monoisotopic (exact) mass is 182 g/mol. The van der Waals surface area contributed by atoms with E-state index in [0.29, 0.717) is 0 Å². The molecule has 13 heavy (non-hydrogen) atoms. The fraction of sp³-hybridized carbons (Fsp3) is 0.545. The van der Waals surface area contributed by atoms with Gasteiger partial charge in [0.2, 0.25) is 0 Å². The summed E-state index contributed by atoms with van der Waals surface area (Å²) in [4.78, 5) is 5.91. The van der Waals surface area contributed by atoms with Gasteiger partial charge in [-0.2, -0.15) is 0 Å². The van der Waals surface area contributed by atoms with E-state index >= 15 is 0 Å². The highest BCUT2D eigenvalue weighted by atomic mass is 15.0. The van der Waals surface area contributed by atoms with Crippen molar-refractivity contribution in [1.82, 2.24) is 9.88 Å². The maximum atomic E-state index is 3.78. The smallest absolute Gasteiger partial charge is 0.0267 e. The molecule has 1 aromatic heterocycles. The lowest BCUT2D eigenvalue weighted by molar-refractivity contribution is 0.434. The maximum absolute atomic E-state index is 3.78. The van der Waals surface area contributed by atoms with Crippen molar-refractivity contribution >= 4 is 0 Å². The van der Waals surface area contributed by atoms with Gasteiger partial charge in [0.25, 0.3) is 0 Å². The quantitative estimate of drug-likeness (QED) is 0.664. The summed E-state index contributed by atoms with van der Waals surface area (Å²) in [5, 5.41) is 0. The molecule has 0 spiro atoms. The number of pyridine rings is 1. The molecule has 0 aromatic carbocycles.